The van der Waals surface area contributed by atoms with E-state index in [4.69, 9.17) is 4.74 Å². The summed E-state index contributed by atoms with van der Waals surface area (Å²) in [4.78, 5) is 3.91. The standard InChI is InChI=1S/C13H19F3N2O/c1-9(2)6-18-8-11-7-17-5-4-12(11)19-10(3)13(14,15)16/h4-5,7,9-10,18H,6,8H2,1-3H3. The maximum Gasteiger partial charge on any atom is 0.425 e. The molecule has 1 aromatic heterocycles. The van der Waals surface area contributed by atoms with Crippen LogP contribution in [0.15, 0.2) is 18.5 Å². The third-order valence-electron chi connectivity index (χ3n) is 2.49. The zero-order valence-corrected chi connectivity index (χ0v) is 11.3. The molecule has 19 heavy (non-hydrogen) atoms. The smallest absolute Gasteiger partial charge is 0.425 e. The summed E-state index contributed by atoms with van der Waals surface area (Å²) in [6.45, 7) is 6.32. The molecular weight excluding hydrogens is 257 g/mol. The number of nitrogens with one attached hydrogen (secondary N) is 1. The number of nitrogens with zero attached hydrogens (tertiary/aromatic N) is 1. The van der Waals surface area contributed by atoms with Crippen LogP contribution in [-0.4, -0.2) is 23.8 Å². The van der Waals surface area contributed by atoms with Gasteiger partial charge < -0.3 is 10.1 Å². The number of pyridine rings is 1. The summed E-state index contributed by atoms with van der Waals surface area (Å²) in [6.07, 6.45) is -3.26. The number of halogens is 3. The Labute approximate surface area is 111 Å². The highest BCUT2D eigenvalue weighted by Gasteiger charge is 2.38. The van der Waals surface area contributed by atoms with Crippen molar-refractivity contribution in [2.45, 2.75) is 39.6 Å². The van der Waals surface area contributed by atoms with Crippen LogP contribution in [0.2, 0.25) is 0 Å². The van der Waals surface area contributed by atoms with Gasteiger partial charge in [0.1, 0.15) is 5.75 Å². The van der Waals surface area contributed by atoms with Crippen molar-refractivity contribution in [3.05, 3.63) is 24.0 Å². The highest BCUT2D eigenvalue weighted by atomic mass is 19.4. The molecule has 0 saturated heterocycles. The summed E-state index contributed by atoms with van der Waals surface area (Å²) >= 11 is 0. The predicted molar refractivity (Wildman–Crippen MR) is 66.9 cm³/mol. The SMILES string of the molecule is CC(C)CNCc1cnccc1OC(C)C(F)(F)F. The lowest BCUT2D eigenvalue weighted by molar-refractivity contribution is -0.189. The van der Waals surface area contributed by atoms with E-state index in [1.54, 1.807) is 0 Å². The molecule has 0 aliphatic heterocycles. The van der Waals surface area contributed by atoms with Gasteiger partial charge in [0.25, 0.3) is 0 Å². The number of aromatic nitrogens is 1. The summed E-state index contributed by atoms with van der Waals surface area (Å²) in [6, 6.07) is 1.45. The fourth-order valence-electron chi connectivity index (χ4n) is 1.41. The fraction of sp³-hybridized carbons (Fsp3) is 0.615. The topological polar surface area (TPSA) is 34.2 Å². The lowest BCUT2D eigenvalue weighted by Gasteiger charge is -2.19. The maximum atomic E-state index is 12.5. The lowest BCUT2D eigenvalue weighted by Crippen LogP contribution is -2.31. The van der Waals surface area contributed by atoms with E-state index in [0.29, 0.717) is 18.0 Å². The van der Waals surface area contributed by atoms with Crippen molar-refractivity contribution in [1.29, 1.82) is 0 Å². The summed E-state index contributed by atoms with van der Waals surface area (Å²) in [5.41, 5.74) is 0.624. The van der Waals surface area contributed by atoms with Gasteiger partial charge in [0.15, 0.2) is 6.10 Å². The van der Waals surface area contributed by atoms with Crippen molar-refractivity contribution in [1.82, 2.24) is 10.3 Å². The molecule has 0 radical (unpaired) electrons. The Morgan fingerprint density at radius 2 is 2.00 bits per heavy atom. The maximum absolute atomic E-state index is 12.5. The third-order valence-corrected chi connectivity index (χ3v) is 2.49. The molecule has 0 saturated carbocycles. The van der Waals surface area contributed by atoms with Crippen LogP contribution in [-0.2, 0) is 6.54 Å². The van der Waals surface area contributed by atoms with Gasteiger partial charge in [-0.15, -0.1) is 0 Å². The van der Waals surface area contributed by atoms with E-state index in [9.17, 15) is 13.2 Å². The molecule has 3 nitrogen and oxygen atoms in total. The molecule has 1 rings (SSSR count). The lowest BCUT2D eigenvalue weighted by atomic mass is 10.2. The minimum absolute atomic E-state index is 0.219. The zero-order chi connectivity index (χ0) is 14.5. The molecule has 1 N–H and O–H groups in total. The summed E-state index contributed by atoms with van der Waals surface area (Å²) in [5, 5.41) is 3.15. The first-order chi connectivity index (χ1) is 8.80. The Morgan fingerprint density at radius 1 is 1.32 bits per heavy atom. The van der Waals surface area contributed by atoms with E-state index in [0.717, 1.165) is 13.5 Å². The number of ether oxygens (including phenoxy) is 1. The Balaban J connectivity index is 2.68. The summed E-state index contributed by atoms with van der Waals surface area (Å²) in [5.74, 6) is 0.686. The molecule has 0 aliphatic rings. The first-order valence-corrected chi connectivity index (χ1v) is 6.17. The molecule has 0 bridgehead atoms. The minimum atomic E-state index is -4.37. The van der Waals surface area contributed by atoms with Crippen LogP contribution in [0.3, 0.4) is 0 Å². The van der Waals surface area contributed by atoms with Crippen LogP contribution < -0.4 is 10.1 Å². The molecule has 1 unspecified atom stereocenters. The molecule has 6 heteroatoms. The van der Waals surface area contributed by atoms with Crippen molar-refractivity contribution in [3.63, 3.8) is 0 Å². The highest BCUT2D eigenvalue weighted by Crippen LogP contribution is 2.26. The largest absolute Gasteiger partial charge is 0.481 e. The highest BCUT2D eigenvalue weighted by molar-refractivity contribution is 5.30. The van der Waals surface area contributed by atoms with Gasteiger partial charge in [-0.1, -0.05) is 13.8 Å². The molecular formula is C13H19F3N2O. The van der Waals surface area contributed by atoms with E-state index in [-0.39, 0.29) is 5.75 Å². The number of hydrogen-bond acceptors (Lipinski definition) is 3. The third kappa shape index (κ3) is 5.46. The molecule has 0 fully saturated rings. The van der Waals surface area contributed by atoms with E-state index < -0.39 is 12.3 Å². The second-order valence-corrected chi connectivity index (χ2v) is 4.81. The van der Waals surface area contributed by atoms with Gasteiger partial charge in [-0.05, 0) is 25.5 Å². The van der Waals surface area contributed by atoms with Crippen molar-refractivity contribution >= 4 is 0 Å². The summed E-state index contributed by atoms with van der Waals surface area (Å²) < 4.78 is 42.4. The zero-order valence-electron chi connectivity index (χ0n) is 11.3. The Bertz CT molecular complexity index is 394. The van der Waals surface area contributed by atoms with Gasteiger partial charge in [0.05, 0.1) is 0 Å². The average Bonchev–Trinajstić information content (AvgIpc) is 2.29. The van der Waals surface area contributed by atoms with Crippen LogP contribution in [0.1, 0.15) is 26.3 Å². The van der Waals surface area contributed by atoms with Crippen molar-refractivity contribution in [2.75, 3.05) is 6.54 Å². The molecule has 0 amide bonds. The number of rotatable bonds is 6. The monoisotopic (exact) mass is 276 g/mol. The quantitative estimate of drug-likeness (QED) is 0.866. The van der Waals surface area contributed by atoms with Crippen LogP contribution in [0.5, 0.6) is 5.75 Å². The van der Waals surface area contributed by atoms with Gasteiger partial charge in [-0.3, -0.25) is 4.98 Å². The average molecular weight is 276 g/mol. The second-order valence-electron chi connectivity index (χ2n) is 4.81. The normalized spacial score (nSPS) is 13.6. The number of hydrogen-bond donors (Lipinski definition) is 1. The second kappa shape index (κ2) is 6.75. The molecule has 1 aromatic rings. The van der Waals surface area contributed by atoms with E-state index in [1.165, 1.54) is 18.5 Å². The van der Waals surface area contributed by atoms with Gasteiger partial charge in [-0.25, -0.2) is 0 Å². The molecule has 1 heterocycles. The Morgan fingerprint density at radius 3 is 2.58 bits per heavy atom. The van der Waals surface area contributed by atoms with E-state index in [1.807, 2.05) is 0 Å². The minimum Gasteiger partial charge on any atom is -0.481 e. The Hall–Kier alpha value is -1.30. The number of alkyl halides is 3. The molecule has 0 aliphatic carbocycles. The van der Waals surface area contributed by atoms with Crippen molar-refractivity contribution in [3.8, 4) is 5.75 Å². The van der Waals surface area contributed by atoms with Gasteiger partial charge in [-0.2, -0.15) is 13.2 Å². The molecule has 1 atom stereocenters. The van der Waals surface area contributed by atoms with E-state index in [2.05, 4.69) is 24.1 Å². The van der Waals surface area contributed by atoms with Crippen molar-refractivity contribution in [2.24, 2.45) is 5.92 Å². The first-order valence-electron chi connectivity index (χ1n) is 6.17. The fourth-order valence-corrected chi connectivity index (χ4v) is 1.41. The van der Waals surface area contributed by atoms with Crippen molar-refractivity contribution < 1.29 is 17.9 Å². The first kappa shape index (κ1) is 15.8. The predicted octanol–water partition coefficient (Wildman–Crippen LogP) is 3.16. The molecule has 0 spiro atoms. The van der Waals surface area contributed by atoms with Crippen LogP contribution in [0, 0.1) is 5.92 Å². The molecule has 0 aromatic carbocycles. The van der Waals surface area contributed by atoms with E-state index >= 15 is 0 Å². The molecule has 108 valence electrons. The van der Waals surface area contributed by atoms with Gasteiger partial charge in [0, 0.05) is 24.5 Å². The Kier molecular flexibility index (Phi) is 5.60. The van der Waals surface area contributed by atoms with Crippen LogP contribution >= 0.6 is 0 Å². The summed E-state index contributed by atoms with van der Waals surface area (Å²) in [7, 11) is 0. The van der Waals surface area contributed by atoms with Gasteiger partial charge >= 0.3 is 6.18 Å². The van der Waals surface area contributed by atoms with Gasteiger partial charge in [0.2, 0.25) is 0 Å². The van der Waals surface area contributed by atoms with Crippen LogP contribution in [0.4, 0.5) is 13.2 Å². The van der Waals surface area contributed by atoms with Crippen LogP contribution in [0.25, 0.3) is 0 Å².